The van der Waals surface area contributed by atoms with Crippen molar-refractivity contribution in [3.63, 3.8) is 0 Å². The Hall–Kier alpha value is -1.13. The highest BCUT2D eigenvalue weighted by atomic mass is 79.9. The molecule has 0 saturated heterocycles. The minimum absolute atomic E-state index is 0.132. The summed E-state index contributed by atoms with van der Waals surface area (Å²) in [6.45, 7) is 2.12. The molecule has 2 aromatic rings. The first-order valence-electron chi connectivity index (χ1n) is 6.08. The van der Waals surface area contributed by atoms with Gasteiger partial charge in [0.05, 0.1) is 11.6 Å². The van der Waals surface area contributed by atoms with Crippen LogP contribution in [0.1, 0.15) is 27.0 Å². The van der Waals surface area contributed by atoms with Crippen molar-refractivity contribution >= 4 is 33.0 Å². The number of benzene rings is 1. The molecule has 0 atom stereocenters. The highest BCUT2D eigenvalue weighted by molar-refractivity contribution is 9.10. The van der Waals surface area contributed by atoms with Crippen LogP contribution in [0.15, 0.2) is 34.8 Å². The molecule has 0 spiro atoms. The smallest absolute Gasteiger partial charge is 0.168 e. The zero-order valence-corrected chi connectivity index (χ0v) is 13.3. The fourth-order valence-corrected chi connectivity index (χ4v) is 3.30. The third-order valence-electron chi connectivity index (χ3n) is 2.87. The van der Waals surface area contributed by atoms with E-state index in [2.05, 4.69) is 28.9 Å². The van der Waals surface area contributed by atoms with Crippen molar-refractivity contribution in [3.05, 3.63) is 50.1 Å². The van der Waals surface area contributed by atoms with E-state index >= 15 is 0 Å². The summed E-state index contributed by atoms with van der Waals surface area (Å²) in [6, 6.07) is 9.57. The van der Waals surface area contributed by atoms with Crippen LogP contribution in [-0.4, -0.2) is 12.9 Å². The van der Waals surface area contributed by atoms with Crippen LogP contribution in [-0.2, 0) is 12.8 Å². The average molecular weight is 339 g/mol. The molecule has 1 aromatic carbocycles. The molecule has 0 radical (unpaired) electrons. The Morgan fingerprint density at radius 2 is 2.00 bits per heavy atom. The van der Waals surface area contributed by atoms with E-state index in [0.717, 1.165) is 21.5 Å². The van der Waals surface area contributed by atoms with E-state index in [0.29, 0.717) is 12.0 Å². The Morgan fingerprint density at radius 3 is 2.58 bits per heavy atom. The quantitative estimate of drug-likeness (QED) is 0.750. The molecule has 0 unspecified atom stereocenters. The molecule has 1 heterocycles. The van der Waals surface area contributed by atoms with Crippen molar-refractivity contribution in [2.24, 2.45) is 0 Å². The summed E-state index contributed by atoms with van der Waals surface area (Å²) in [7, 11) is 1.61. The van der Waals surface area contributed by atoms with Crippen LogP contribution in [0.25, 0.3) is 0 Å². The summed E-state index contributed by atoms with van der Waals surface area (Å²) >= 11 is 5.11. The normalized spacial score (nSPS) is 10.5. The van der Waals surface area contributed by atoms with Crippen molar-refractivity contribution in [2.45, 2.75) is 19.8 Å². The third kappa shape index (κ3) is 3.45. The first-order valence-corrected chi connectivity index (χ1v) is 7.69. The van der Waals surface area contributed by atoms with Crippen LogP contribution < -0.4 is 4.74 Å². The molecule has 0 aliphatic carbocycles. The topological polar surface area (TPSA) is 26.3 Å². The van der Waals surface area contributed by atoms with Gasteiger partial charge in [0.2, 0.25) is 0 Å². The SMILES string of the molecule is CCc1ccc(CC(=O)c2ccc(OC)c(Br)c2)s1. The molecule has 4 heteroatoms. The number of carbonyl (C=O) groups excluding carboxylic acids is 1. The predicted octanol–water partition coefficient (Wildman–Crippen LogP) is 4.51. The van der Waals surface area contributed by atoms with Crippen LogP contribution in [0.5, 0.6) is 5.75 Å². The van der Waals surface area contributed by atoms with E-state index in [9.17, 15) is 4.79 Å². The number of carbonyl (C=O) groups is 1. The van der Waals surface area contributed by atoms with Crippen LogP contribution >= 0.6 is 27.3 Å². The molecule has 0 bridgehead atoms. The number of hydrogen-bond acceptors (Lipinski definition) is 3. The Bertz CT molecular complexity index is 590. The average Bonchev–Trinajstić information content (AvgIpc) is 2.86. The predicted molar refractivity (Wildman–Crippen MR) is 82.4 cm³/mol. The van der Waals surface area contributed by atoms with E-state index < -0.39 is 0 Å². The number of halogens is 1. The molecule has 0 saturated carbocycles. The van der Waals surface area contributed by atoms with Crippen molar-refractivity contribution in [2.75, 3.05) is 7.11 Å². The summed E-state index contributed by atoms with van der Waals surface area (Å²) in [5, 5.41) is 0. The molecular formula is C15H15BrO2S. The number of hydrogen-bond donors (Lipinski definition) is 0. The fourth-order valence-electron chi connectivity index (χ4n) is 1.81. The summed E-state index contributed by atoms with van der Waals surface area (Å²) in [5.74, 6) is 0.869. The first-order chi connectivity index (χ1) is 9.13. The maximum Gasteiger partial charge on any atom is 0.168 e. The van der Waals surface area contributed by atoms with Gasteiger partial charge in [-0.2, -0.15) is 0 Å². The lowest BCUT2D eigenvalue weighted by Gasteiger charge is -2.05. The van der Waals surface area contributed by atoms with E-state index in [1.165, 1.54) is 4.88 Å². The van der Waals surface area contributed by atoms with Gasteiger partial charge in [-0.25, -0.2) is 0 Å². The Labute approximate surface area is 125 Å². The maximum atomic E-state index is 12.2. The lowest BCUT2D eigenvalue weighted by Crippen LogP contribution is -2.02. The zero-order valence-electron chi connectivity index (χ0n) is 10.9. The van der Waals surface area contributed by atoms with Crippen molar-refractivity contribution < 1.29 is 9.53 Å². The Balaban J connectivity index is 2.13. The van der Waals surface area contributed by atoms with Crippen molar-refractivity contribution in [1.82, 2.24) is 0 Å². The summed E-state index contributed by atoms with van der Waals surface area (Å²) in [5.41, 5.74) is 0.708. The fraction of sp³-hybridized carbons (Fsp3) is 0.267. The molecule has 0 fully saturated rings. The summed E-state index contributed by atoms with van der Waals surface area (Å²) in [4.78, 5) is 14.6. The molecule has 1 aromatic heterocycles. The third-order valence-corrected chi connectivity index (χ3v) is 4.72. The van der Waals surface area contributed by atoms with Gasteiger partial charge in [0.25, 0.3) is 0 Å². The number of ether oxygens (including phenoxy) is 1. The second kappa shape index (κ2) is 6.35. The first kappa shape index (κ1) is 14.3. The van der Waals surface area contributed by atoms with E-state index in [4.69, 9.17) is 4.74 Å². The molecule has 100 valence electrons. The van der Waals surface area contributed by atoms with Gasteiger partial charge in [-0.1, -0.05) is 6.92 Å². The van der Waals surface area contributed by atoms with Gasteiger partial charge in [-0.05, 0) is 52.7 Å². The molecule has 2 nitrogen and oxygen atoms in total. The number of Topliss-reactive ketones (excluding diaryl/α,β-unsaturated/α-hetero) is 1. The van der Waals surface area contributed by atoms with E-state index in [1.54, 1.807) is 24.5 Å². The van der Waals surface area contributed by atoms with Gasteiger partial charge in [-0.3, -0.25) is 4.79 Å². The number of rotatable bonds is 5. The molecule has 0 aliphatic heterocycles. The Morgan fingerprint density at radius 1 is 1.26 bits per heavy atom. The second-order valence-electron chi connectivity index (χ2n) is 4.17. The number of methoxy groups -OCH3 is 1. The number of aryl methyl sites for hydroxylation is 1. The lowest BCUT2D eigenvalue weighted by molar-refractivity contribution is 0.0993. The Kier molecular flexibility index (Phi) is 4.77. The summed E-state index contributed by atoms with van der Waals surface area (Å²) in [6.07, 6.45) is 1.48. The highest BCUT2D eigenvalue weighted by Gasteiger charge is 2.11. The minimum atomic E-state index is 0.132. The van der Waals surface area contributed by atoms with Gasteiger partial charge in [-0.15, -0.1) is 11.3 Å². The molecule has 0 aliphatic rings. The number of ketones is 1. The van der Waals surface area contributed by atoms with Crippen LogP contribution in [0.2, 0.25) is 0 Å². The van der Waals surface area contributed by atoms with Gasteiger partial charge < -0.3 is 4.74 Å². The van der Waals surface area contributed by atoms with E-state index in [1.807, 2.05) is 18.2 Å². The zero-order chi connectivity index (χ0) is 13.8. The van der Waals surface area contributed by atoms with Crippen LogP contribution in [0, 0.1) is 0 Å². The largest absolute Gasteiger partial charge is 0.496 e. The molecule has 0 N–H and O–H groups in total. The van der Waals surface area contributed by atoms with Gasteiger partial charge in [0.1, 0.15) is 5.75 Å². The second-order valence-corrected chi connectivity index (χ2v) is 6.28. The molecule has 19 heavy (non-hydrogen) atoms. The van der Waals surface area contributed by atoms with Gasteiger partial charge in [0, 0.05) is 21.7 Å². The number of thiophene rings is 1. The minimum Gasteiger partial charge on any atom is -0.496 e. The van der Waals surface area contributed by atoms with Crippen molar-refractivity contribution in [1.29, 1.82) is 0 Å². The van der Waals surface area contributed by atoms with Gasteiger partial charge in [0.15, 0.2) is 5.78 Å². The van der Waals surface area contributed by atoms with E-state index in [-0.39, 0.29) is 5.78 Å². The molecular weight excluding hydrogens is 324 g/mol. The monoisotopic (exact) mass is 338 g/mol. The molecule has 2 rings (SSSR count). The highest BCUT2D eigenvalue weighted by Crippen LogP contribution is 2.26. The standard InChI is InChI=1S/C15H15BrO2S/c1-3-11-5-6-12(19-11)9-14(17)10-4-7-15(18-2)13(16)8-10/h4-8H,3,9H2,1-2H3. The van der Waals surface area contributed by atoms with Crippen molar-refractivity contribution in [3.8, 4) is 5.75 Å². The van der Waals surface area contributed by atoms with Crippen LogP contribution in [0.3, 0.4) is 0 Å². The summed E-state index contributed by atoms with van der Waals surface area (Å²) < 4.78 is 5.97. The van der Waals surface area contributed by atoms with Crippen LogP contribution in [0.4, 0.5) is 0 Å². The van der Waals surface area contributed by atoms with Gasteiger partial charge >= 0.3 is 0 Å². The lowest BCUT2D eigenvalue weighted by atomic mass is 10.1. The molecule has 0 amide bonds. The maximum absolute atomic E-state index is 12.2.